The molecule has 0 amide bonds. The Morgan fingerprint density at radius 2 is 1.96 bits per heavy atom. The Morgan fingerprint density at radius 1 is 1.27 bits per heavy atom. The molecule has 134 valence electrons. The van der Waals surface area contributed by atoms with Gasteiger partial charge in [-0.1, -0.05) is 6.92 Å². The van der Waals surface area contributed by atoms with Crippen molar-refractivity contribution in [3.8, 4) is 5.69 Å². The molecule has 0 saturated heterocycles. The summed E-state index contributed by atoms with van der Waals surface area (Å²) in [7, 11) is 0. The summed E-state index contributed by atoms with van der Waals surface area (Å²) in [6.07, 6.45) is 1.12. The molecule has 0 spiro atoms. The van der Waals surface area contributed by atoms with E-state index in [0.717, 1.165) is 22.9 Å². The molecule has 1 aromatic carbocycles. The van der Waals surface area contributed by atoms with Crippen molar-refractivity contribution < 1.29 is 23.1 Å². The van der Waals surface area contributed by atoms with Crippen molar-refractivity contribution in [2.24, 2.45) is 0 Å². The van der Waals surface area contributed by atoms with Gasteiger partial charge in [0.15, 0.2) is 0 Å². The van der Waals surface area contributed by atoms with E-state index in [1.807, 2.05) is 0 Å². The van der Waals surface area contributed by atoms with Crippen LogP contribution >= 0.6 is 0 Å². The van der Waals surface area contributed by atoms with Crippen LogP contribution in [0.3, 0.4) is 0 Å². The third-order valence-electron chi connectivity index (χ3n) is 4.11. The Balaban J connectivity index is 2.56. The number of carboxylic acid groups (broad SMARTS) is 1. The van der Waals surface area contributed by atoms with Crippen molar-refractivity contribution >= 4 is 17.0 Å². The predicted octanol–water partition coefficient (Wildman–Crippen LogP) is 3.37. The molecule has 0 unspecified atom stereocenters. The molecule has 0 saturated carbocycles. The average molecular weight is 362 g/mol. The fourth-order valence-electron chi connectivity index (χ4n) is 2.80. The maximum atomic E-state index is 14.4. The van der Waals surface area contributed by atoms with Gasteiger partial charge in [-0.25, -0.2) is 22.9 Å². The number of fused-ring (bicyclic) bond motifs is 1. The summed E-state index contributed by atoms with van der Waals surface area (Å²) in [4.78, 5) is 28.0. The van der Waals surface area contributed by atoms with Gasteiger partial charge in [-0.2, -0.15) is 0 Å². The minimum Gasteiger partial charge on any atom is -0.477 e. The van der Waals surface area contributed by atoms with E-state index in [-0.39, 0.29) is 34.4 Å². The number of rotatable bonds is 3. The lowest BCUT2D eigenvalue weighted by atomic mass is 10.1. The number of aromatic nitrogens is 2. The molecule has 8 heteroatoms. The molecule has 0 atom stereocenters. The molecule has 3 rings (SSSR count). The van der Waals surface area contributed by atoms with Crippen molar-refractivity contribution in [3.63, 3.8) is 0 Å². The number of hydrogen-bond donors (Lipinski definition) is 1. The minimum absolute atomic E-state index is 0.0498. The smallest absolute Gasteiger partial charge is 0.341 e. The summed E-state index contributed by atoms with van der Waals surface area (Å²) in [5.41, 5.74) is -1.92. The average Bonchev–Trinajstić information content (AvgIpc) is 2.58. The molecule has 0 aliphatic rings. The van der Waals surface area contributed by atoms with E-state index in [2.05, 4.69) is 4.98 Å². The topological polar surface area (TPSA) is 72.2 Å². The fraction of sp³-hybridized carbons (Fsp3) is 0.167. The van der Waals surface area contributed by atoms with Crippen LogP contribution in [0.2, 0.25) is 0 Å². The number of halogens is 3. The quantitative estimate of drug-likeness (QED) is 0.775. The summed E-state index contributed by atoms with van der Waals surface area (Å²) in [5, 5.41) is 9.03. The third kappa shape index (κ3) is 2.63. The molecule has 0 fully saturated rings. The minimum atomic E-state index is -1.55. The molecule has 0 radical (unpaired) electrons. The highest BCUT2D eigenvalue weighted by atomic mass is 19.1. The monoisotopic (exact) mass is 362 g/mol. The highest BCUT2D eigenvalue weighted by Crippen LogP contribution is 2.24. The number of pyridine rings is 2. The zero-order chi connectivity index (χ0) is 19.2. The molecule has 1 N–H and O–H groups in total. The van der Waals surface area contributed by atoms with Gasteiger partial charge in [-0.3, -0.25) is 9.36 Å². The zero-order valence-electron chi connectivity index (χ0n) is 13.8. The Bertz CT molecular complexity index is 1120. The van der Waals surface area contributed by atoms with Crippen LogP contribution in [0.15, 0.2) is 29.2 Å². The second-order valence-electron chi connectivity index (χ2n) is 5.69. The van der Waals surface area contributed by atoms with Crippen LogP contribution in [0.5, 0.6) is 0 Å². The van der Waals surface area contributed by atoms with E-state index in [1.54, 1.807) is 6.92 Å². The van der Waals surface area contributed by atoms with Crippen LogP contribution < -0.4 is 5.43 Å². The first-order chi connectivity index (χ1) is 12.3. The van der Waals surface area contributed by atoms with Crippen LogP contribution in [0, 0.1) is 24.4 Å². The lowest BCUT2D eigenvalue weighted by Crippen LogP contribution is -2.21. The molecule has 2 heterocycles. The van der Waals surface area contributed by atoms with Crippen molar-refractivity contribution in [3.05, 3.63) is 68.9 Å². The standard InChI is InChI=1S/C18H13F3N2O3/c1-3-12-15(21)8(2)14-16(24)10(18(25)26)7-23(17(14)22-12)13-5-4-9(19)6-11(13)20/h4-7H,3H2,1-2H3,(H,25,26). The summed E-state index contributed by atoms with van der Waals surface area (Å²) in [6, 6.07) is 2.70. The van der Waals surface area contributed by atoms with E-state index >= 15 is 0 Å². The van der Waals surface area contributed by atoms with Crippen molar-refractivity contribution in [2.45, 2.75) is 20.3 Å². The van der Waals surface area contributed by atoms with Crippen molar-refractivity contribution in [1.29, 1.82) is 0 Å². The first kappa shape index (κ1) is 17.7. The number of aryl methyl sites for hydroxylation is 2. The summed E-state index contributed by atoms with van der Waals surface area (Å²) >= 11 is 0. The van der Waals surface area contributed by atoms with Gasteiger partial charge in [0.2, 0.25) is 5.43 Å². The molecule has 5 nitrogen and oxygen atoms in total. The number of benzene rings is 1. The van der Waals surface area contributed by atoms with Crippen LogP contribution in [0.1, 0.15) is 28.5 Å². The first-order valence-corrected chi connectivity index (χ1v) is 7.69. The molecule has 26 heavy (non-hydrogen) atoms. The number of carboxylic acids is 1. The molecule has 2 aromatic heterocycles. The highest BCUT2D eigenvalue weighted by Gasteiger charge is 2.22. The number of hydrogen-bond acceptors (Lipinski definition) is 3. The largest absolute Gasteiger partial charge is 0.477 e. The van der Waals surface area contributed by atoms with E-state index in [1.165, 1.54) is 6.92 Å². The van der Waals surface area contributed by atoms with Gasteiger partial charge in [-0.15, -0.1) is 0 Å². The molecule has 0 aliphatic carbocycles. The highest BCUT2D eigenvalue weighted by molar-refractivity contribution is 5.93. The summed E-state index contributed by atoms with van der Waals surface area (Å²) in [6.45, 7) is 2.99. The maximum absolute atomic E-state index is 14.4. The van der Waals surface area contributed by atoms with Crippen LogP contribution in [0.4, 0.5) is 13.2 Å². The van der Waals surface area contributed by atoms with E-state index in [0.29, 0.717) is 6.07 Å². The molecule has 0 bridgehead atoms. The summed E-state index contributed by atoms with van der Waals surface area (Å²) < 4.78 is 43.0. The zero-order valence-corrected chi connectivity index (χ0v) is 13.8. The normalized spacial score (nSPS) is 11.1. The van der Waals surface area contributed by atoms with Gasteiger partial charge in [0.05, 0.1) is 16.8 Å². The Morgan fingerprint density at radius 3 is 2.54 bits per heavy atom. The van der Waals surface area contributed by atoms with Gasteiger partial charge >= 0.3 is 5.97 Å². The number of nitrogens with zero attached hydrogens (tertiary/aromatic N) is 2. The van der Waals surface area contributed by atoms with Gasteiger partial charge in [-0.05, 0) is 25.5 Å². The van der Waals surface area contributed by atoms with E-state index in [4.69, 9.17) is 0 Å². The van der Waals surface area contributed by atoms with Crippen LogP contribution in [-0.2, 0) is 6.42 Å². The Labute approximate surface area is 145 Å². The molecular formula is C18H13F3N2O3. The SMILES string of the molecule is CCc1nc2c(c(C)c1F)c(=O)c(C(=O)O)cn2-c1ccc(F)cc1F. The van der Waals surface area contributed by atoms with Gasteiger partial charge < -0.3 is 5.11 Å². The predicted molar refractivity (Wildman–Crippen MR) is 88.3 cm³/mol. The van der Waals surface area contributed by atoms with Crippen molar-refractivity contribution in [2.75, 3.05) is 0 Å². The first-order valence-electron chi connectivity index (χ1n) is 7.69. The molecule has 0 aliphatic heterocycles. The Hall–Kier alpha value is -3.16. The number of aromatic carboxylic acids is 1. The van der Waals surface area contributed by atoms with E-state index in [9.17, 15) is 27.9 Å². The third-order valence-corrected chi connectivity index (χ3v) is 4.11. The lowest BCUT2D eigenvalue weighted by molar-refractivity contribution is 0.0695. The fourth-order valence-corrected chi connectivity index (χ4v) is 2.80. The van der Waals surface area contributed by atoms with Gasteiger partial charge in [0, 0.05) is 17.8 Å². The summed E-state index contributed by atoms with van der Waals surface area (Å²) in [5.74, 6) is -4.06. The van der Waals surface area contributed by atoms with E-state index < -0.39 is 34.4 Å². The van der Waals surface area contributed by atoms with Gasteiger partial charge in [0.25, 0.3) is 0 Å². The number of carbonyl (C=O) groups is 1. The maximum Gasteiger partial charge on any atom is 0.341 e. The van der Waals surface area contributed by atoms with Gasteiger partial charge in [0.1, 0.15) is 28.7 Å². The Kier molecular flexibility index (Phi) is 4.27. The molecule has 3 aromatic rings. The van der Waals surface area contributed by atoms with Crippen molar-refractivity contribution in [1.82, 2.24) is 9.55 Å². The second kappa shape index (κ2) is 6.29. The second-order valence-corrected chi connectivity index (χ2v) is 5.69. The lowest BCUT2D eigenvalue weighted by Gasteiger charge is -2.15. The molecular weight excluding hydrogens is 349 g/mol. The van der Waals surface area contributed by atoms with Crippen LogP contribution in [0.25, 0.3) is 16.7 Å². The van der Waals surface area contributed by atoms with Crippen LogP contribution in [-0.4, -0.2) is 20.6 Å².